The van der Waals surface area contributed by atoms with Gasteiger partial charge in [0.25, 0.3) is 0 Å². The van der Waals surface area contributed by atoms with Crippen LogP contribution in [0.1, 0.15) is 11.3 Å². The van der Waals surface area contributed by atoms with E-state index in [1.165, 1.54) is 16.6 Å². The number of hydrogen-bond donors (Lipinski definition) is 2. The van der Waals surface area contributed by atoms with E-state index in [1.54, 1.807) is 0 Å². The number of likely N-dealkylation sites (N-methyl/N-ethyl adjacent to an activating group) is 1. The minimum atomic E-state index is 0.851. The Morgan fingerprint density at radius 1 is 1.40 bits per heavy atom. The van der Waals surface area contributed by atoms with Crippen molar-refractivity contribution >= 4 is 16.6 Å². The SMILES string of the molecule is CN1CCc2[nH]c3c(N)cccc3c2C1. The van der Waals surface area contributed by atoms with Crippen LogP contribution in [0.4, 0.5) is 5.69 Å². The van der Waals surface area contributed by atoms with Crippen LogP contribution in [0.3, 0.4) is 0 Å². The van der Waals surface area contributed by atoms with E-state index in [1.807, 2.05) is 12.1 Å². The number of aromatic nitrogens is 1. The number of rotatable bonds is 0. The summed E-state index contributed by atoms with van der Waals surface area (Å²) in [7, 11) is 2.16. The Balaban J connectivity index is 2.29. The second-order valence-corrected chi connectivity index (χ2v) is 4.34. The van der Waals surface area contributed by atoms with Crippen molar-refractivity contribution in [3.8, 4) is 0 Å². The van der Waals surface area contributed by atoms with Crippen LogP contribution in [0, 0.1) is 0 Å². The number of anilines is 1. The van der Waals surface area contributed by atoms with Crippen molar-refractivity contribution < 1.29 is 0 Å². The third-order valence-corrected chi connectivity index (χ3v) is 3.23. The molecule has 0 unspecified atom stereocenters. The number of nitrogens with zero attached hydrogens (tertiary/aromatic N) is 1. The van der Waals surface area contributed by atoms with Gasteiger partial charge in [0.2, 0.25) is 0 Å². The molecule has 1 aromatic carbocycles. The van der Waals surface area contributed by atoms with Gasteiger partial charge in [0, 0.05) is 30.6 Å². The van der Waals surface area contributed by atoms with E-state index in [0.29, 0.717) is 0 Å². The number of fused-ring (bicyclic) bond motifs is 3. The van der Waals surface area contributed by atoms with Gasteiger partial charge in [-0.05, 0) is 18.7 Å². The van der Waals surface area contributed by atoms with Crippen molar-refractivity contribution in [1.29, 1.82) is 0 Å². The second-order valence-electron chi connectivity index (χ2n) is 4.34. The maximum atomic E-state index is 5.96. The number of nitrogens with two attached hydrogens (primary N) is 1. The molecular formula is C12H15N3. The van der Waals surface area contributed by atoms with Crippen LogP contribution in [0.5, 0.6) is 0 Å². The van der Waals surface area contributed by atoms with Crippen LogP contribution in [0.15, 0.2) is 18.2 Å². The van der Waals surface area contributed by atoms with Gasteiger partial charge in [0.15, 0.2) is 0 Å². The largest absolute Gasteiger partial charge is 0.397 e. The molecule has 1 aliphatic rings. The first-order valence-corrected chi connectivity index (χ1v) is 5.32. The monoisotopic (exact) mass is 201 g/mol. The molecule has 0 amide bonds. The van der Waals surface area contributed by atoms with Crippen LogP contribution >= 0.6 is 0 Å². The molecule has 0 aliphatic carbocycles. The molecule has 78 valence electrons. The molecule has 0 bridgehead atoms. The minimum absolute atomic E-state index is 0.851. The normalized spacial score (nSPS) is 16.9. The molecule has 0 saturated heterocycles. The maximum absolute atomic E-state index is 5.96. The lowest BCUT2D eigenvalue weighted by Crippen LogP contribution is -2.25. The third-order valence-electron chi connectivity index (χ3n) is 3.23. The first-order valence-electron chi connectivity index (χ1n) is 5.32. The number of benzene rings is 1. The molecule has 15 heavy (non-hydrogen) atoms. The Morgan fingerprint density at radius 2 is 2.27 bits per heavy atom. The lowest BCUT2D eigenvalue weighted by molar-refractivity contribution is 0.313. The van der Waals surface area contributed by atoms with Crippen molar-refractivity contribution in [3.05, 3.63) is 29.5 Å². The van der Waals surface area contributed by atoms with Gasteiger partial charge in [-0.15, -0.1) is 0 Å². The molecule has 0 fully saturated rings. The quantitative estimate of drug-likeness (QED) is 0.638. The highest BCUT2D eigenvalue weighted by Crippen LogP contribution is 2.29. The zero-order valence-electron chi connectivity index (χ0n) is 8.88. The molecule has 2 heterocycles. The van der Waals surface area contributed by atoms with E-state index in [2.05, 4.69) is 23.0 Å². The average Bonchev–Trinajstić information content (AvgIpc) is 2.58. The highest BCUT2D eigenvalue weighted by Gasteiger charge is 2.18. The van der Waals surface area contributed by atoms with Crippen LogP contribution in [-0.4, -0.2) is 23.5 Å². The van der Waals surface area contributed by atoms with E-state index in [9.17, 15) is 0 Å². The molecule has 3 heteroatoms. The van der Waals surface area contributed by atoms with Crippen LogP contribution in [0.2, 0.25) is 0 Å². The summed E-state index contributed by atoms with van der Waals surface area (Å²) in [5.41, 5.74) is 10.7. The van der Waals surface area contributed by atoms with E-state index in [4.69, 9.17) is 5.73 Å². The fourth-order valence-electron chi connectivity index (χ4n) is 2.40. The molecule has 0 atom stereocenters. The second kappa shape index (κ2) is 3.00. The molecule has 1 aliphatic heterocycles. The number of para-hydroxylation sites is 1. The molecule has 3 rings (SSSR count). The van der Waals surface area contributed by atoms with Crippen LogP contribution in [-0.2, 0) is 13.0 Å². The van der Waals surface area contributed by atoms with Crippen molar-refractivity contribution in [1.82, 2.24) is 9.88 Å². The van der Waals surface area contributed by atoms with Crippen molar-refractivity contribution in [2.75, 3.05) is 19.3 Å². The zero-order valence-corrected chi connectivity index (χ0v) is 8.88. The Morgan fingerprint density at radius 3 is 3.13 bits per heavy atom. The predicted molar refractivity (Wildman–Crippen MR) is 62.7 cm³/mol. The topological polar surface area (TPSA) is 45.0 Å². The highest BCUT2D eigenvalue weighted by atomic mass is 15.1. The van der Waals surface area contributed by atoms with Gasteiger partial charge in [-0.3, -0.25) is 0 Å². The molecule has 1 aromatic heterocycles. The Bertz CT molecular complexity index is 513. The summed E-state index contributed by atoms with van der Waals surface area (Å²) >= 11 is 0. The first kappa shape index (κ1) is 8.80. The lowest BCUT2D eigenvalue weighted by Gasteiger charge is -2.22. The lowest BCUT2D eigenvalue weighted by atomic mass is 10.0. The Hall–Kier alpha value is -1.48. The Labute approximate surface area is 88.9 Å². The average molecular weight is 201 g/mol. The van der Waals surface area contributed by atoms with E-state index >= 15 is 0 Å². The smallest absolute Gasteiger partial charge is 0.0693 e. The summed E-state index contributed by atoms with van der Waals surface area (Å²) in [4.78, 5) is 5.80. The third kappa shape index (κ3) is 1.23. The van der Waals surface area contributed by atoms with Crippen LogP contribution < -0.4 is 5.73 Å². The van der Waals surface area contributed by atoms with Gasteiger partial charge in [0.05, 0.1) is 11.2 Å². The van der Waals surface area contributed by atoms with Gasteiger partial charge < -0.3 is 15.6 Å². The van der Waals surface area contributed by atoms with Crippen molar-refractivity contribution in [2.45, 2.75) is 13.0 Å². The molecule has 0 saturated carbocycles. The molecule has 3 N–H and O–H groups in total. The van der Waals surface area contributed by atoms with Gasteiger partial charge in [-0.2, -0.15) is 0 Å². The summed E-state index contributed by atoms with van der Waals surface area (Å²) in [6.07, 6.45) is 1.10. The molecule has 0 radical (unpaired) electrons. The summed E-state index contributed by atoms with van der Waals surface area (Å²) in [6, 6.07) is 6.13. The van der Waals surface area contributed by atoms with Gasteiger partial charge in [-0.1, -0.05) is 12.1 Å². The number of nitrogen functional groups attached to an aromatic ring is 1. The summed E-state index contributed by atoms with van der Waals surface area (Å²) in [6.45, 7) is 2.15. The fraction of sp³-hybridized carbons (Fsp3) is 0.333. The van der Waals surface area contributed by atoms with Gasteiger partial charge in [0.1, 0.15) is 0 Å². The molecule has 0 spiro atoms. The molecule has 2 aromatic rings. The van der Waals surface area contributed by atoms with E-state index < -0.39 is 0 Å². The number of H-pyrrole nitrogens is 1. The summed E-state index contributed by atoms with van der Waals surface area (Å²) < 4.78 is 0. The van der Waals surface area contributed by atoms with Gasteiger partial charge >= 0.3 is 0 Å². The predicted octanol–water partition coefficient (Wildman–Crippen LogP) is 1.74. The fourth-order valence-corrected chi connectivity index (χ4v) is 2.40. The number of nitrogens with one attached hydrogen (secondary N) is 1. The summed E-state index contributed by atoms with van der Waals surface area (Å²) in [5.74, 6) is 0. The van der Waals surface area contributed by atoms with Gasteiger partial charge in [-0.25, -0.2) is 0 Å². The zero-order chi connectivity index (χ0) is 10.4. The number of aromatic amines is 1. The van der Waals surface area contributed by atoms with Crippen molar-refractivity contribution in [2.24, 2.45) is 0 Å². The van der Waals surface area contributed by atoms with E-state index in [0.717, 1.165) is 30.7 Å². The Kier molecular flexibility index (Phi) is 1.76. The molecule has 3 nitrogen and oxygen atoms in total. The standard InChI is InChI=1S/C12H15N3/c1-15-6-5-11-9(7-15)8-3-2-4-10(13)12(8)14-11/h2-4,14H,5-7,13H2,1H3. The number of hydrogen-bond acceptors (Lipinski definition) is 2. The maximum Gasteiger partial charge on any atom is 0.0693 e. The molecular weight excluding hydrogens is 186 g/mol. The first-order chi connectivity index (χ1) is 7.25. The van der Waals surface area contributed by atoms with Crippen molar-refractivity contribution in [3.63, 3.8) is 0 Å². The minimum Gasteiger partial charge on any atom is -0.397 e. The highest BCUT2D eigenvalue weighted by molar-refractivity contribution is 5.93. The summed E-state index contributed by atoms with van der Waals surface area (Å²) in [5, 5.41) is 1.29. The van der Waals surface area contributed by atoms with E-state index in [-0.39, 0.29) is 0 Å². The van der Waals surface area contributed by atoms with Crippen LogP contribution in [0.25, 0.3) is 10.9 Å².